The molecule has 0 aliphatic heterocycles. The third kappa shape index (κ3) is 4.69. The van der Waals surface area contributed by atoms with Crippen LogP contribution in [0.5, 0.6) is 5.75 Å². The van der Waals surface area contributed by atoms with Crippen LogP contribution in [-0.2, 0) is 4.79 Å². The van der Waals surface area contributed by atoms with Crippen LogP contribution in [0.2, 0.25) is 5.15 Å². The zero-order valence-electron chi connectivity index (χ0n) is 17.3. The van der Waals surface area contributed by atoms with Crippen LogP contribution in [0.1, 0.15) is 17.4 Å². The second-order valence-electron chi connectivity index (χ2n) is 6.36. The number of hydrogen-bond acceptors (Lipinski definition) is 8. The minimum atomic E-state index is -0.419. The number of nitrogens with one attached hydrogen (secondary N) is 2. The molecule has 0 saturated heterocycles. The van der Waals surface area contributed by atoms with Crippen molar-refractivity contribution in [1.82, 2.24) is 25.5 Å². The van der Waals surface area contributed by atoms with E-state index in [1.54, 1.807) is 25.4 Å². The molecule has 0 atom stereocenters. The van der Waals surface area contributed by atoms with Gasteiger partial charge in [-0.2, -0.15) is 0 Å². The predicted octanol–water partition coefficient (Wildman–Crippen LogP) is 2.68. The van der Waals surface area contributed by atoms with Crippen LogP contribution in [0.25, 0.3) is 11.3 Å². The number of nitrogens with zero attached hydrogens (tertiary/aromatic N) is 5. The van der Waals surface area contributed by atoms with E-state index in [0.717, 1.165) is 0 Å². The Labute approximate surface area is 183 Å². The molecule has 2 heterocycles. The Bertz CT molecular complexity index is 1120. The SMILES string of the molecule is CNC(=O)c1nnc(Cl)cc1Nc1cccc(-c2cnc(N(C)C(C)=O)cn2)c1OC. The van der Waals surface area contributed by atoms with E-state index in [1.165, 1.54) is 38.2 Å². The van der Waals surface area contributed by atoms with Crippen molar-refractivity contribution < 1.29 is 14.3 Å². The van der Waals surface area contributed by atoms with Gasteiger partial charge in [-0.15, -0.1) is 10.2 Å². The quantitative estimate of drug-likeness (QED) is 0.598. The molecule has 0 saturated carbocycles. The van der Waals surface area contributed by atoms with Crippen LogP contribution in [0.15, 0.2) is 36.7 Å². The Morgan fingerprint density at radius 2 is 1.90 bits per heavy atom. The van der Waals surface area contributed by atoms with Gasteiger partial charge in [0, 0.05) is 32.6 Å². The highest BCUT2D eigenvalue weighted by molar-refractivity contribution is 6.29. The normalized spacial score (nSPS) is 10.4. The topological polar surface area (TPSA) is 122 Å². The Morgan fingerprint density at radius 3 is 2.52 bits per heavy atom. The third-order valence-corrected chi connectivity index (χ3v) is 4.61. The fourth-order valence-electron chi connectivity index (χ4n) is 2.75. The molecular weight excluding hydrogens is 422 g/mol. The molecule has 31 heavy (non-hydrogen) atoms. The average Bonchev–Trinajstić information content (AvgIpc) is 2.78. The van der Waals surface area contributed by atoms with Crippen LogP contribution in [-0.4, -0.2) is 53.2 Å². The summed E-state index contributed by atoms with van der Waals surface area (Å²) < 4.78 is 5.61. The molecule has 11 heteroatoms. The predicted molar refractivity (Wildman–Crippen MR) is 117 cm³/mol. The lowest BCUT2D eigenvalue weighted by Gasteiger charge is -2.17. The van der Waals surface area contributed by atoms with Crippen molar-refractivity contribution in [3.63, 3.8) is 0 Å². The van der Waals surface area contributed by atoms with E-state index in [9.17, 15) is 9.59 Å². The van der Waals surface area contributed by atoms with Gasteiger partial charge in [-0.25, -0.2) is 4.98 Å². The standard InChI is InChI=1S/C20H20ClN7O3/c1-11(29)28(3)17-10-23-15(9-24-17)12-6-5-7-13(19(12)31-4)25-14-8-16(21)26-27-18(14)20(30)22-2/h5-10H,1-4H3,(H,22,30)(H,25,26). The lowest BCUT2D eigenvalue weighted by molar-refractivity contribution is -0.116. The lowest BCUT2D eigenvalue weighted by Crippen LogP contribution is -2.23. The van der Waals surface area contributed by atoms with E-state index in [1.807, 2.05) is 6.07 Å². The second-order valence-corrected chi connectivity index (χ2v) is 6.74. The number of hydrogen-bond donors (Lipinski definition) is 2. The Morgan fingerprint density at radius 1 is 1.13 bits per heavy atom. The fourth-order valence-corrected chi connectivity index (χ4v) is 2.89. The summed E-state index contributed by atoms with van der Waals surface area (Å²) in [6.07, 6.45) is 3.06. The Kier molecular flexibility index (Phi) is 6.61. The molecule has 10 nitrogen and oxygen atoms in total. The Balaban J connectivity index is 2.01. The first-order chi connectivity index (χ1) is 14.8. The van der Waals surface area contributed by atoms with E-state index >= 15 is 0 Å². The summed E-state index contributed by atoms with van der Waals surface area (Å²) in [6, 6.07) is 6.89. The molecule has 1 aromatic carbocycles. The van der Waals surface area contributed by atoms with E-state index in [2.05, 4.69) is 30.8 Å². The number of halogens is 1. The van der Waals surface area contributed by atoms with Gasteiger partial charge in [-0.05, 0) is 12.1 Å². The number of para-hydroxylation sites is 1. The molecule has 0 radical (unpaired) electrons. The third-order valence-electron chi connectivity index (χ3n) is 4.42. The molecule has 0 bridgehead atoms. The number of amides is 2. The van der Waals surface area contributed by atoms with Crippen molar-refractivity contribution in [2.24, 2.45) is 0 Å². The van der Waals surface area contributed by atoms with Gasteiger partial charge in [0.1, 0.15) is 0 Å². The number of rotatable bonds is 6. The van der Waals surface area contributed by atoms with Gasteiger partial charge in [0.05, 0.1) is 36.6 Å². The first-order valence-electron chi connectivity index (χ1n) is 9.11. The average molecular weight is 442 g/mol. The van der Waals surface area contributed by atoms with Crippen molar-refractivity contribution in [3.8, 4) is 17.0 Å². The van der Waals surface area contributed by atoms with Crippen LogP contribution in [0, 0.1) is 0 Å². The molecule has 0 aliphatic rings. The van der Waals surface area contributed by atoms with Crippen LogP contribution < -0.4 is 20.3 Å². The molecule has 2 amide bonds. The highest BCUT2D eigenvalue weighted by Gasteiger charge is 2.18. The number of carbonyl (C=O) groups is 2. The van der Waals surface area contributed by atoms with Gasteiger partial charge in [0.15, 0.2) is 22.4 Å². The molecule has 0 aliphatic carbocycles. The first-order valence-corrected chi connectivity index (χ1v) is 9.49. The minimum absolute atomic E-state index is 0.0794. The molecule has 0 spiro atoms. The minimum Gasteiger partial charge on any atom is -0.494 e. The van der Waals surface area contributed by atoms with Crippen LogP contribution >= 0.6 is 11.6 Å². The van der Waals surface area contributed by atoms with E-state index < -0.39 is 5.91 Å². The first kappa shape index (κ1) is 21.9. The maximum absolute atomic E-state index is 12.1. The summed E-state index contributed by atoms with van der Waals surface area (Å²) in [7, 11) is 4.64. The summed E-state index contributed by atoms with van der Waals surface area (Å²) in [5.74, 6) is 0.331. The molecule has 3 aromatic rings. The van der Waals surface area contributed by atoms with E-state index in [-0.39, 0.29) is 16.8 Å². The van der Waals surface area contributed by atoms with Gasteiger partial charge >= 0.3 is 0 Å². The van der Waals surface area contributed by atoms with Crippen molar-refractivity contribution in [2.45, 2.75) is 6.92 Å². The highest BCUT2D eigenvalue weighted by Crippen LogP contribution is 2.37. The molecule has 0 fully saturated rings. The molecule has 3 rings (SSSR count). The van der Waals surface area contributed by atoms with Crippen LogP contribution in [0.4, 0.5) is 17.2 Å². The zero-order chi connectivity index (χ0) is 22.5. The second kappa shape index (κ2) is 9.35. The van der Waals surface area contributed by atoms with Gasteiger partial charge in [-0.3, -0.25) is 19.5 Å². The van der Waals surface area contributed by atoms with Crippen molar-refractivity contribution in [1.29, 1.82) is 0 Å². The smallest absolute Gasteiger partial charge is 0.273 e. The molecule has 160 valence electrons. The number of aromatic nitrogens is 4. The lowest BCUT2D eigenvalue weighted by atomic mass is 10.1. The van der Waals surface area contributed by atoms with Crippen molar-refractivity contribution in [2.75, 3.05) is 31.4 Å². The zero-order valence-corrected chi connectivity index (χ0v) is 18.1. The maximum atomic E-state index is 12.1. The maximum Gasteiger partial charge on any atom is 0.273 e. The van der Waals surface area contributed by atoms with Gasteiger partial charge in [0.2, 0.25) is 5.91 Å². The van der Waals surface area contributed by atoms with E-state index in [0.29, 0.717) is 34.2 Å². The Hall–Kier alpha value is -3.79. The molecule has 2 N–H and O–H groups in total. The van der Waals surface area contributed by atoms with Gasteiger partial charge in [-0.1, -0.05) is 17.7 Å². The number of ether oxygens (including phenoxy) is 1. The van der Waals surface area contributed by atoms with Gasteiger partial charge < -0.3 is 15.4 Å². The summed E-state index contributed by atoms with van der Waals surface area (Å²) in [6.45, 7) is 1.45. The number of carbonyl (C=O) groups excluding carboxylic acids is 2. The largest absolute Gasteiger partial charge is 0.494 e. The number of anilines is 3. The summed E-state index contributed by atoms with van der Waals surface area (Å²) in [4.78, 5) is 33.8. The van der Waals surface area contributed by atoms with E-state index in [4.69, 9.17) is 16.3 Å². The van der Waals surface area contributed by atoms with Gasteiger partial charge in [0.25, 0.3) is 5.91 Å². The summed E-state index contributed by atoms with van der Waals surface area (Å²) >= 11 is 5.97. The number of methoxy groups -OCH3 is 1. The highest BCUT2D eigenvalue weighted by atomic mass is 35.5. The molecule has 0 unspecified atom stereocenters. The van der Waals surface area contributed by atoms with Crippen LogP contribution in [0.3, 0.4) is 0 Å². The van der Waals surface area contributed by atoms with Crippen molar-refractivity contribution in [3.05, 3.63) is 47.5 Å². The molecular formula is C20H20ClN7O3. The van der Waals surface area contributed by atoms with Crippen molar-refractivity contribution >= 4 is 40.6 Å². The fraction of sp³-hybridized carbons (Fsp3) is 0.200. The monoisotopic (exact) mass is 441 g/mol. The summed E-state index contributed by atoms with van der Waals surface area (Å²) in [5.41, 5.74) is 2.20. The molecule has 2 aromatic heterocycles. The number of benzene rings is 1. The summed E-state index contributed by atoms with van der Waals surface area (Å²) in [5, 5.41) is 13.4.